The molecule has 1 aromatic rings. The van der Waals surface area contributed by atoms with E-state index in [1.165, 1.54) is 6.07 Å². The van der Waals surface area contributed by atoms with Gasteiger partial charge in [0.25, 0.3) is 0 Å². The van der Waals surface area contributed by atoms with Crippen LogP contribution in [0.5, 0.6) is 0 Å². The molecule has 0 saturated carbocycles. The van der Waals surface area contributed by atoms with E-state index in [-0.39, 0.29) is 28.4 Å². The van der Waals surface area contributed by atoms with Gasteiger partial charge in [0, 0.05) is 17.1 Å². The smallest absolute Gasteiger partial charge is 0.242 e. The van der Waals surface area contributed by atoms with E-state index >= 15 is 0 Å². The normalized spacial score (nSPS) is 19.8. The van der Waals surface area contributed by atoms with E-state index < -0.39 is 10.0 Å². The topological polar surface area (TPSA) is 58.2 Å². The Bertz CT molecular complexity index is 533. The SMILES string of the molecule is Cl.O=S(=O)(N[C@@H]1CCCNC1)c1cccc(Br)c1Cl. The van der Waals surface area contributed by atoms with Crippen molar-refractivity contribution in [2.75, 3.05) is 13.1 Å². The van der Waals surface area contributed by atoms with Crippen LogP contribution in [-0.4, -0.2) is 27.5 Å². The molecule has 19 heavy (non-hydrogen) atoms. The van der Waals surface area contributed by atoms with E-state index in [1.54, 1.807) is 12.1 Å². The van der Waals surface area contributed by atoms with Gasteiger partial charge in [0.05, 0.1) is 5.02 Å². The van der Waals surface area contributed by atoms with Gasteiger partial charge < -0.3 is 5.32 Å². The number of sulfonamides is 1. The molecular weight excluding hydrogens is 375 g/mol. The Morgan fingerprint density at radius 1 is 1.42 bits per heavy atom. The van der Waals surface area contributed by atoms with E-state index in [2.05, 4.69) is 26.0 Å². The number of rotatable bonds is 3. The van der Waals surface area contributed by atoms with Crippen molar-refractivity contribution in [3.63, 3.8) is 0 Å². The summed E-state index contributed by atoms with van der Waals surface area (Å²) < 4.78 is 27.7. The minimum atomic E-state index is -3.57. The van der Waals surface area contributed by atoms with Crippen molar-refractivity contribution in [2.24, 2.45) is 0 Å². The molecule has 2 N–H and O–H groups in total. The molecule has 1 aromatic carbocycles. The predicted octanol–water partition coefficient (Wildman–Crippen LogP) is 2.55. The molecule has 8 heteroatoms. The van der Waals surface area contributed by atoms with Crippen molar-refractivity contribution in [3.8, 4) is 0 Å². The summed E-state index contributed by atoms with van der Waals surface area (Å²) in [5.74, 6) is 0. The molecule has 0 bridgehead atoms. The van der Waals surface area contributed by atoms with Crippen LogP contribution in [0, 0.1) is 0 Å². The molecule has 1 saturated heterocycles. The molecule has 0 unspecified atom stereocenters. The van der Waals surface area contributed by atoms with Crippen molar-refractivity contribution in [1.29, 1.82) is 0 Å². The molecule has 1 fully saturated rings. The first-order valence-corrected chi connectivity index (χ1v) is 8.33. The second-order valence-electron chi connectivity index (χ2n) is 4.22. The first-order chi connectivity index (χ1) is 8.50. The number of halogens is 3. The van der Waals surface area contributed by atoms with Crippen molar-refractivity contribution >= 4 is 50.0 Å². The lowest BCUT2D eigenvalue weighted by atomic mass is 10.1. The lowest BCUT2D eigenvalue weighted by Crippen LogP contribution is -2.45. The standard InChI is InChI=1S/C11H14BrClN2O2S.ClH/c12-9-4-1-5-10(11(9)13)18(16,17)15-8-3-2-6-14-7-8;/h1,4-5,8,14-15H,2-3,6-7H2;1H/t8-;/m1./s1. The van der Waals surface area contributed by atoms with Crippen LogP contribution < -0.4 is 10.0 Å². The molecule has 0 aromatic heterocycles. The van der Waals surface area contributed by atoms with E-state index in [0.29, 0.717) is 11.0 Å². The molecule has 1 atom stereocenters. The summed E-state index contributed by atoms with van der Waals surface area (Å²) >= 11 is 9.24. The average molecular weight is 390 g/mol. The molecule has 0 aliphatic carbocycles. The maximum absolute atomic E-state index is 12.2. The Morgan fingerprint density at radius 3 is 2.79 bits per heavy atom. The molecule has 0 amide bonds. The van der Waals surface area contributed by atoms with Crippen LogP contribution in [0.2, 0.25) is 5.02 Å². The molecule has 4 nitrogen and oxygen atoms in total. The van der Waals surface area contributed by atoms with Crippen molar-refractivity contribution in [1.82, 2.24) is 10.0 Å². The zero-order valence-electron chi connectivity index (χ0n) is 10.0. The third-order valence-electron chi connectivity index (χ3n) is 2.82. The fraction of sp³-hybridized carbons (Fsp3) is 0.455. The van der Waals surface area contributed by atoms with Gasteiger partial charge in [0.2, 0.25) is 10.0 Å². The average Bonchev–Trinajstić information content (AvgIpc) is 2.33. The van der Waals surface area contributed by atoms with Crippen molar-refractivity contribution in [3.05, 3.63) is 27.7 Å². The Morgan fingerprint density at radius 2 is 2.16 bits per heavy atom. The molecule has 1 heterocycles. The summed E-state index contributed by atoms with van der Waals surface area (Å²) in [5.41, 5.74) is 0. The summed E-state index contributed by atoms with van der Waals surface area (Å²) in [6.07, 6.45) is 1.82. The summed E-state index contributed by atoms with van der Waals surface area (Å²) in [6.45, 7) is 1.60. The first kappa shape index (κ1) is 17.2. The summed E-state index contributed by atoms with van der Waals surface area (Å²) in [5, 5.41) is 3.38. The minimum Gasteiger partial charge on any atom is -0.315 e. The maximum Gasteiger partial charge on any atom is 0.242 e. The van der Waals surface area contributed by atoms with Gasteiger partial charge in [0.1, 0.15) is 4.90 Å². The monoisotopic (exact) mass is 388 g/mol. The maximum atomic E-state index is 12.2. The molecule has 2 rings (SSSR count). The summed E-state index contributed by atoms with van der Waals surface area (Å²) in [7, 11) is -3.57. The first-order valence-electron chi connectivity index (χ1n) is 5.68. The second-order valence-corrected chi connectivity index (χ2v) is 7.13. The van der Waals surface area contributed by atoms with Crippen LogP contribution in [0.25, 0.3) is 0 Å². The van der Waals surface area contributed by atoms with Gasteiger partial charge in [-0.3, -0.25) is 0 Å². The number of benzene rings is 1. The van der Waals surface area contributed by atoms with Crippen molar-refractivity contribution in [2.45, 2.75) is 23.8 Å². The lowest BCUT2D eigenvalue weighted by molar-refractivity contribution is 0.428. The number of hydrogen-bond acceptors (Lipinski definition) is 3. The minimum absolute atomic E-state index is 0. The van der Waals surface area contributed by atoms with Gasteiger partial charge >= 0.3 is 0 Å². The van der Waals surface area contributed by atoms with Gasteiger partial charge in [0.15, 0.2) is 0 Å². The lowest BCUT2D eigenvalue weighted by Gasteiger charge is -2.23. The van der Waals surface area contributed by atoms with Crippen LogP contribution in [0.15, 0.2) is 27.6 Å². The molecule has 0 radical (unpaired) electrons. The van der Waals surface area contributed by atoms with E-state index in [9.17, 15) is 8.42 Å². The zero-order valence-corrected chi connectivity index (χ0v) is 14.0. The van der Waals surface area contributed by atoms with Gasteiger partial charge in [-0.25, -0.2) is 13.1 Å². The Hall–Kier alpha value is 0.150. The highest BCUT2D eigenvalue weighted by molar-refractivity contribution is 9.10. The van der Waals surface area contributed by atoms with Gasteiger partial charge in [-0.05, 0) is 47.4 Å². The van der Waals surface area contributed by atoms with E-state index in [0.717, 1.165) is 19.4 Å². The van der Waals surface area contributed by atoms with Crippen LogP contribution >= 0.6 is 39.9 Å². The number of piperidine rings is 1. The third-order valence-corrected chi connectivity index (χ3v) is 5.80. The predicted molar refractivity (Wildman–Crippen MR) is 82.6 cm³/mol. The van der Waals surface area contributed by atoms with Gasteiger partial charge in [-0.1, -0.05) is 17.7 Å². The quantitative estimate of drug-likeness (QED) is 0.835. The molecule has 1 aliphatic rings. The van der Waals surface area contributed by atoms with Crippen molar-refractivity contribution < 1.29 is 8.42 Å². The summed E-state index contributed by atoms with van der Waals surface area (Å²) in [6, 6.07) is 4.80. The number of hydrogen-bond donors (Lipinski definition) is 2. The van der Waals surface area contributed by atoms with Gasteiger partial charge in [-0.2, -0.15) is 0 Å². The zero-order chi connectivity index (χ0) is 13.2. The fourth-order valence-electron chi connectivity index (χ4n) is 1.93. The third kappa shape index (κ3) is 4.31. The highest BCUT2D eigenvalue weighted by Gasteiger charge is 2.24. The van der Waals surface area contributed by atoms with E-state index in [4.69, 9.17) is 11.6 Å². The van der Waals surface area contributed by atoms with E-state index in [1.807, 2.05) is 0 Å². The second kappa shape index (κ2) is 7.24. The highest BCUT2D eigenvalue weighted by Crippen LogP contribution is 2.29. The number of nitrogens with one attached hydrogen (secondary N) is 2. The Kier molecular flexibility index (Phi) is 6.56. The molecule has 0 spiro atoms. The van der Waals surface area contributed by atoms with Crippen LogP contribution in [-0.2, 0) is 10.0 Å². The summed E-state index contributed by atoms with van der Waals surface area (Å²) in [4.78, 5) is 0.115. The van der Waals surface area contributed by atoms with Crippen LogP contribution in [0.1, 0.15) is 12.8 Å². The van der Waals surface area contributed by atoms with Crippen LogP contribution in [0.3, 0.4) is 0 Å². The fourth-order valence-corrected chi connectivity index (χ4v) is 4.23. The molecule has 108 valence electrons. The largest absolute Gasteiger partial charge is 0.315 e. The highest BCUT2D eigenvalue weighted by atomic mass is 79.9. The molecular formula is C11H15BrCl2N2O2S. The van der Waals surface area contributed by atoms with Crippen LogP contribution in [0.4, 0.5) is 0 Å². The van der Waals surface area contributed by atoms with Gasteiger partial charge in [-0.15, -0.1) is 12.4 Å². The Labute approximate surface area is 132 Å². The Balaban J connectivity index is 0.00000180. The molecule has 1 aliphatic heterocycles.